The Kier molecular flexibility index (Phi) is 3.12. The van der Waals surface area contributed by atoms with E-state index < -0.39 is 17.6 Å². The summed E-state index contributed by atoms with van der Waals surface area (Å²) in [7, 11) is 0. The third-order valence-corrected chi connectivity index (χ3v) is 3.41. The number of hydrogen-bond acceptors (Lipinski definition) is 3. The quantitative estimate of drug-likeness (QED) is 0.812. The minimum Gasteiger partial charge on any atom is -0.290 e. The van der Waals surface area contributed by atoms with E-state index in [0.29, 0.717) is 31.2 Å². The van der Waals surface area contributed by atoms with Crippen LogP contribution in [-0.4, -0.2) is 27.2 Å². The molecule has 0 N–H and O–H groups in total. The van der Waals surface area contributed by atoms with Crippen molar-refractivity contribution in [1.29, 1.82) is 0 Å². The molecule has 0 bridgehead atoms. The summed E-state index contributed by atoms with van der Waals surface area (Å²) in [6, 6.07) is 2.35. The van der Waals surface area contributed by atoms with Crippen LogP contribution >= 0.6 is 11.6 Å². The summed E-state index contributed by atoms with van der Waals surface area (Å²) in [6.45, 7) is 0.896. The molecular formula is C12H8ClF3N4O. The Morgan fingerprint density at radius 3 is 2.76 bits per heavy atom. The molecule has 0 radical (unpaired) electrons. The summed E-state index contributed by atoms with van der Waals surface area (Å²) in [6.07, 6.45) is -2.41. The molecule has 1 aliphatic heterocycles. The van der Waals surface area contributed by atoms with Crippen molar-refractivity contribution in [3.63, 3.8) is 0 Å². The Morgan fingerprint density at radius 1 is 1.33 bits per heavy atom. The lowest BCUT2D eigenvalue weighted by molar-refractivity contribution is -0.137. The van der Waals surface area contributed by atoms with Gasteiger partial charge in [0.2, 0.25) is 0 Å². The summed E-state index contributed by atoms with van der Waals surface area (Å²) < 4.78 is 39.3. The zero-order valence-electron chi connectivity index (χ0n) is 10.4. The molecule has 0 fully saturated rings. The third kappa shape index (κ3) is 2.35. The van der Waals surface area contributed by atoms with Gasteiger partial charge in [0, 0.05) is 18.8 Å². The van der Waals surface area contributed by atoms with Crippen LogP contribution in [0.2, 0.25) is 5.02 Å². The van der Waals surface area contributed by atoms with Crippen molar-refractivity contribution in [2.24, 2.45) is 0 Å². The maximum absolute atomic E-state index is 12.6. The SMILES string of the molecule is O=C(c1ncc(C(F)(F)F)cc1Cl)N1CCn2nccc21. The molecule has 110 valence electrons. The second-order valence-electron chi connectivity index (χ2n) is 4.42. The molecule has 0 saturated heterocycles. The molecule has 3 rings (SSSR count). The fourth-order valence-corrected chi connectivity index (χ4v) is 2.37. The van der Waals surface area contributed by atoms with Gasteiger partial charge in [-0.05, 0) is 6.07 Å². The Bertz CT molecular complexity index is 713. The van der Waals surface area contributed by atoms with Gasteiger partial charge in [-0.25, -0.2) is 9.67 Å². The van der Waals surface area contributed by atoms with Crippen LogP contribution in [0.15, 0.2) is 24.5 Å². The van der Waals surface area contributed by atoms with Gasteiger partial charge in [0.05, 0.1) is 23.3 Å². The number of aromatic nitrogens is 3. The molecule has 9 heteroatoms. The van der Waals surface area contributed by atoms with Gasteiger partial charge < -0.3 is 0 Å². The van der Waals surface area contributed by atoms with Crippen molar-refractivity contribution in [3.8, 4) is 0 Å². The first-order valence-corrected chi connectivity index (χ1v) is 6.32. The molecule has 0 saturated carbocycles. The molecular weight excluding hydrogens is 309 g/mol. The number of halogens is 4. The van der Waals surface area contributed by atoms with Gasteiger partial charge in [0.25, 0.3) is 5.91 Å². The molecule has 0 aliphatic carbocycles. The smallest absolute Gasteiger partial charge is 0.290 e. The van der Waals surface area contributed by atoms with Crippen LogP contribution in [0.1, 0.15) is 16.1 Å². The van der Waals surface area contributed by atoms with Crippen LogP contribution in [-0.2, 0) is 12.7 Å². The first-order valence-electron chi connectivity index (χ1n) is 5.94. The number of fused-ring (bicyclic) bond motifs is 1. The number of alkyl halides is 3. The van der Waals surface area contributed by atoms with Crippen LogP contribution < -0.4 is 4.90 Å². The standard InChI is InChI=1S/C12H8ClF3N4O/c13-8-5-7(12(14,15)16)6-17-10(8)11(21)19-3-4-20-9(19)1-2-18-20/h1-2,5-6H,3-4H2. The number of rotatable bonds is 1. The molecule has 2 aromatic rings. The molecule has 21 heavy (non-hydrogen) atoms. The molecule has 0 aromatic carbocycles. The minimum absolute atomic E-state index is 0.209. The van der Waals surface area contributed by atoms with E-state index in [4.69, 9.17) is 11.6 Å². The van der Waals surface area contributed by atoms with Crippen molar-refractivity contribution < 1.29 is 18.0 Å². The number of anilines is 1. The van der Waals surface area contributed by atoms with Crippen molar-refractivity contribution in [1.82, 2.24) is 14.8 Å². The van der Waals surface area contributed by atoms with Gasteiger partial charge in [-0.2, -0.15) is 18.3 Å². The second-order valence-corrected chi connectivity index (χ2v) is 4.83. The highest BCUT2D eigenvalue weighted by molar-refractivity contribution is 6.34. The van der Waals surface area contributed by atoms with E-state index in [-0.39, 0.29) is 10.7 Å². The van der Waals surface area contributed by atoms with Crippen LogP contribution in [0.25, 0.3) is 0 Å². The number of pyridine rings is 1. The van der Waals surface area contributed by atoms with Crippen molar-refractivity contribution in [2.45, 2.75) is 12.7 Å². The molecule has 5 nitrogen and oxygen atoms in total. The highest BCUT2D eigenvalue weighted by atomic mass is 35.5. The number of amides is 1. The lowest BCUT2D eigenvalue weighted by Crippen LogP contribution is -2.30. The number of carbonyl (C=O) groups excluding carboxylic acids is 1. The molecule has 2 aromatic heterocycles. The first kappa shape index (κ1) is 13.9. The Morgan fingerprint density at radius 2 is 2.10 bits per heavy atom. The molecule has 3 heterocycles. The van der Waals surface area contributed by atoms with Crippen LogP contribution in [0.3, 0.4) is 0 Å². The fraction of sp³-hybridized carbons (Fsp3) is 0.250. The lowest BCUT2D eigenvalue weighted by Gasteiger charge is -2.15. The van der Waals surface area contributed by atoms with E-state index in [1.54, 1.807) is 10.7 Å². The van der Waals surface area contributed by atoms with Crippen molar-refractivity contribution in [2.75, 3.05) is 11.4 Å². The summed E-state index contributed by atoms with van der Waals surface area (Å²) in [5.74, 6) is 0.0192. The predicted octanol–water partition coefficient (Wildman–Crippen LogP) is 2.61. The van der Waals surface area contributed by atoms with Gasteiger partial charge in [0.15, 0.2) is 0 Å². The first-order chi connectivity index (χ1) is 9.88. The van der Waals surface area contributed by atoms with Crippen LogP contribution in [0.4, 0.5) is 19.0 Å². The second kappa shape index (κ2) is 4.73. The highest BCUT2D eigenvalue weighted by Gasteiger charge is 2.33. The molecule has 1 aliphatic rings. The average molecular weight is 317 g/mol. The monoisotopic (exact) mass is 316 g/mol. The minimum atomic E-state index is -4.55. The van der Waals surface area contributed by atoms with E-state index in [2.05, 4.69) is 10.1 Å². The summed E-state index contributed by atoms with van der Waals surface area (Å²) in [4.78, 5) is 17.3. The van der Waals surface area contributed by atoms with E-state index >= 15 is 0 Å². The van der Waals surface area contributed by atoms with Gasteiger partial charge in [0.1, 0.15) is 11.5 Å². The Hall–Kier alpha value is -2.09. The van der Waals surface area contributed by atoms with E-state index in [9.17, 15) is 18.0 Å². The van der Waals surface area contributed by atoms with E-state index in [0.717, 1.165) is 0 Å². The van der Waals surface area contributed by atoms with E-state index in [1.165, 1.54) is 11.1 Å². The van der Waals surface area contributed by atoms with Gasteiger partial charge in [-0.1, -0.05) is 11.6 Å². The summed E-state index contributed by atoms with van der Waals surface area (Å²) in [5.41, 5.74) is -1.20. The topological polar surface area (TPSA) is 51.0 Å². The van der Waals surface area contributed by atoms with Gasteiger partial charge >= 0.3 is 6.18 Å². The Labute approximate surface area is 121 Å². The molecule has 0 unspecified atom stereocenters. The Balaban J connectivity index is 1.93. The van der Waals surface area contributed by atoms with E-state index in [1.807, 2.05) is 0 Å². The predicted molar refractivity (Wildman–Crippen MR) is 68.2 cm³/mol. The van der Waals surface area contributed by atoms with Crippen LogP contribution in [0, 0.1) is 0 Å². The van der Waals surface area contributed by atoms with Crippen molar-refractivity contribution >= 4 is 23.3 Å². The van der Waals surface area contributed by atoms with Gasteiger partial charge in [-0.15, -0.1) is 0 Å². The van der Waals surface area contributed by atoms with Crippen molar-refractivity contribution in [3.05, 3.63) is 40.8 Å². The number of nitrogens with zero attached hydrogens (tertiary/aromatic N) is 4. The summed E-state index contributed by atoms with van der Waals surface area (Å²) >= 11 is 5.78. The molecule has 0 spiro atoms. The average Bonchev–Trinajstić information content (AvgIpc) is 2.98. The zero-order valence-corrected chi connectivity index (χ0v) is 11.2. The fourth-order valence-electron chi connectivity index (χ4n) is 2.12. The largest absolute Gasteiger partial charge is 0.417 e. The van der Waals surface area contributed by atoms with Gasteiger partial charge in [-0.3, -0.25) is 9.69 Å². The highest BCUT2D eigenvalue weighted by Crippen LogP contribution is 2.32. The van der Waals surface area contributed by atoms with Crippen LogP contribution in [0.5, 0.6) is 0 Å². The zero-order chi connectivity index (χ0) is 15.2. The third-order valence-electron chi connectivity index (χ3n) is 3.12. The summed E-state index contributed by atoms with van der Waals surface area (Å²) in [5, 5.41) is 3.69. The maximum atomic E-state index is 12.6. The molecule has 1 amide bonds. The molecule has 0 atom stereocenters. The lowest BCUT2D eigenvalue weighted by atomic mass is 10.2. The normalized spacial score (nSPS) is 14.4. The number of carbonyl (C=O) groups is 1. The maximum Gasteiger partial charge on any atom is 0.417 e. The number of hydrogen-bond donors (Lipinski definition) is 0.